The Hall–Kier alpha value is -1.18. The molecule has 29 heavy (non-hydrogen) atoms. The summed E-state index contributed by atoms with van der Waals surface area (Å²) >= 11 is 1.62. The van der Waals surface area contributed by atoms with Gasteiger partial charge in [-0.25, -0.2) is 4.98 Å². The van der Waals surface area contributed by atoms with Gasteiger partial charge in [0.25, 0.3) is 0 Å². The third kappa shape index (κ3) is 5.70. The van der Waals surface area contributed by atoms with Crippen LogP contribution >= 0.6 is 36.2 Å². The van der Waals surface area contributed by atoms with Crippen molar-refractivity contribution in [1.82, 2.24) is 9.88 Å². The molecule has 0 bridgehead atoms. The van der Waals surface area contributed by atoms with Crippen molar-refractivity contribution in [3.63, 3.8) is 0 Å². The summed E-state index contributed by atoms with van der Waals surface area (Å²) in [6, 6.07) is 10.6. The van der Waals surface area contributed by atoms with Crippen molar-refractivity contribution in [2.24, 2.45) is 11.7 Å². The van der Waals surface area contributed by atoms with Crippen molar-refractivity contribution >= 4 is 47.2 Å². The fraction of sp³-hybridized carbons (Fsp3) is 0.524. The lowest BCUT2D eigenvalue weighted by Gasteiger charge is -2.36. The molecule has 0 spiro atoms. The number of amides is 1. The highest BCUT2D eigenvalue weighted by atomic mass is 35.5. The number of benzene rings is 1. The Morgan fingerprint density at radius 3 is 2.79 bits per heavy atom. The summed E-state index contributed by atoms with van der Waals surface area (Å²) in [5.41, 5.74) is 8.44. The van der Waals surface area contributed by atoms with E-state index in [1.807, 2.05) is 6.92 Å². The maximum atomic E-state index is 12.8. The molecule has 8 heteroatoms. The summed E-state index contributed by atoms with van der Waals surface area (Å²) in [6.45, 7) is 4.86. The number of rotatable bonds is 4. The van der Waals surface area contributed by atoms with Crippen molar-refractivity contribution in [2.75, 3.05) is 11.9 Å². The number of nitrogens with two attached hydrogens (primary N) is 1. The van der Waals surface area contributed by atoms with Gasteiger partial charge in [-0.15, -0.1) is 36.2 Å². The Morgan fingerprint density at radius 2 is 2.07 bits per heavy atom. The van der Waals surface area contributed by atoms with E-state index in [-0.39, 0.29) is 36.6 Å². The minimum atomic E-state index is -0.411. The zero-order valence-electron chi connectivity index (χ0n) is 16.7. The highest BCUT2D eigenvalue weighted by Crippen LogP contribution is 2.34. The van der Waals surface area contributed by atoms with Crippen LogP contribution < -0.4 is 11.1 Å². The molecule has 160 valence electrons. The summed E-state index contributed by atoms with van der Waals surface area (Å²) in [6.07, 6.45) is 4.91. The number of carbonyl (C=O) groups excluding carboxylic acids is 1. The monoisotopic (exact) mass is 456 g/mol. The molecule has 3 N–H and O–H groups in total. The molecular weight excluding hydrogens is 427 g/mol. The van der Waals surface area contributed by atoms with Crippen LogP contribution in [-0.2, 0) is 24.3 Å². The Morgan fingerprint density at radius 1 is 1.31 bits per heavy atom. The highest BCUT2D eigenvalue weighted by molar-refractivity contribution is 7.15. The number of fused-ring (bicyclic) bond motifs is 1. The molecule has 1 aromatic heterocycles. The predicted molar refractivity (Wildman–Crippen MR) is 124 cm³/mol. The number of halogens is 2. The number of nitrogens with one attached hydrogen (secondary N) is 1. The molecule has 2 unspecified atom stereocenters. The Kier molecular flexibility index (Phi) is 8.49. The number of thiazole rings is 1. The molecule has 4 rings (SSSR count). The number of nitrogens with zero attached hydrogens (tertiary/aromatic N) is 2. The second kappa shape index (κ2) is 10.2. The topological polar surface area (TPSA) is 71.2 Å². The standard InChI is InChI=1S/C21H28N4OS.2ClH/c1-21(22)11-6-5-9-16(21)19(26)24-20-23-17-10-12-25(14-18(17)27-20)13-15-7-3-2-4-8-15;;/h2-4,7-8,16H,5-6,9-14,22H2,1H3,(H,23,24,26);2*1H. The van der Waals surface area contributed by atoms with Gasteiger partial charge in [0, 0.05) is 36.5 Å². The van der Waals surface area contributed by atoms with Gasteiger partial charge in [0.2, 0.25) is 5.91 Å². The molecule has 1 aliphatic heterocycles. The fourth-order valence-corrected chi connectivity index (χ4v) is 5.31. The molecule has 0 radical (unpaired) electrons. The predicted octanol–water partition coefficient (Wildman–Crippen LogP) is 4.39. The van der Waals surface area contributed by atoms with Gasteiger partial charge >= 0.3 is 0 Å². The molecule has 1 fully saturated rings. The maximum Gasteiger partial charge on any atom is 0.231 e. The van der Waals surface area contributed by atoms with E-state index in [9.17, 15) is 4.79 Å². The van der Waals surface area contributed by atoms with Crippen LogP contribution in [0, 0.1) is 5.92 Å². The zero-order chi connectivity index (χ0) is 18.9. The largest absolute Gasteiger partial charge is 0.325 e. The van der Waals surface area contributed by atoms with Gasteiger partial charge in [0.05, 0.1) is 11.6 Å². The van der Waals surface area contributed by atoms with E-state index in [4.69, 9.17) is 10.7 Å². The van der Waals surface area contributed by atoms with Crippen LogP contribution in [0.1, 0.15) is 48.7 Å². The first-order chi connectivity index (χ1) is 13.0. The Labute approximate surface area is 189 Å². The number of hydrogen-bond acceptors (Lipinski definition) is 5. The zero-order valence-corrected chi connectivity index (χ0v) is 19.2. The fourth-order valence-electron chi connectivity index (χ4n) is 4.26. The van der Waals surface area contributed by atoms with Crippen LogP contribution in [0.2, 0.25) is 0 Å². The Bertz CT molecular complexity index is 812. The third-order valence-electron chi connectivity index (χ3n) is 5.86. The maximum absolute atomic E-state index is 12.8. The van der Waals surface area contributed by atoms with E-state index in [0.717, 1.165) is 62.6 Å². The van der Waals surface area contributed by atoms with Gasteiger partial charge in [-0.05, 0) is 25.3 Å². The van der Waals surface area contributed by atoms with Crippen LogP contribution in [0.4, 0.5) is 5.13 Å². The highest BCUT2D eigenvalue weighted by Gasteiger charge is 2.38. The average Bonchev–Trinajstić information content (AvgIpc) is 3.03. The summed E-state index contributed by atoms with van der Waals surface area (Å²) in [5.74, 6) is -0.0892. The van der Waals surface area contributed by atoms with Crippen LogP contribution in [0.5, 0.6) is 0 Å². The molecule has 1 saturated carbocycles. The first-order valence-corrected chi connectivity index (χ1v) is 10.7. The summed E-state index contributed by atoms with van der Waals surface area (Å²) in [7, 11) is 0. The smallest absolute Gasteiger partial charge is 0.231 e. The second-order valence-electron chi connectivity index (χ2n) is 8.13. The lowest BCUT2D eigenvalue weighted by Crippen LogP contribution is -2.51. The van der Waals surface area contributed by atoms with E-state index < -0.39 is 5.54 Å². The van der Waals surface area contributed by atoms with Crippen LogP contribution in [0.25, 0.3) is 0 Å². The van der Waals surface area contributed by atoms with Gasteiger partial charge in [-0.3, -0.25) is 9.69 Å². The van der Waals surface area contributed by atoms with E-state index in [1.54, 1.807) is 11.3 Å². The summed E-state index contributed by atoms with van der Waals surface area (Å²) in [4.78, 5) is 21.2. The van der Waals surface area contributed by atoms with Gasteiger partial charge in [0.15, 0.2) is 5.13 Å². The first kappa shape index (κ1) is 24.1. The minimum Gasteiger partial charge on any atom is -0.325 e. The van der Waals surface area contributed by atoms with E-state index in [1.165, 1.54) is 10.4 Å². The van der Waals surface area contributed by atoms with Crippen molar-refractivity contribution in [3.05, 3.63) is 46.5 Å². The van der Waals surface area contributed by atoms with E-state index in [0.29, 0.717) is 0 Å². The van der Waals surface area contributed by atoms with Gasteiger partial charge in [-0.2, -0.15) is 0 Å². The SMILES string of the molecule is CC1(N)CCCCC1C(=O)Nc1nc2c(s1)CN(Cc1ccccc1)CC2.Cl.Cl. The molecule has 2 aromatic rings. The number of anilines is 1. The van der Waals surface area contributed by atoms with Crippen molar-refractivity contribution in [1.29, 1.82) is 0 Å². The van der Waals surface area contributed by atoms with Gasteiger partial charge in [-0.1, -0.05) is 43.2 Å². The normalized spacial score (nSPS) is 24.0. The lowest BCUT2D eigenvalue weighted by atomic mass is 9.74. The molecule has 1 amide bonds. The van der Waals surface area contributed by atoms with Crippen LogP contribution in [0.3, 0.4) is 0 Å². The molecular formula is C21H30Cl2N4OS. The van der Waals surface area contributed by atoms with Crippen molar-refractivity contribution in [2.45, 2.75) is 57.7 Å². The number of aromatic nitrogens is 1. The number of hydrogen-bond donors (Lipinski definition) is 2. The van der Waals surface area contributed by atoms with Crippen molar-refractivity contribution in [3.8, 4) is 0 Å². The lowest BCUT2D eigenvalue weighted by molar-refractivity contribution is -0.122. The minimum absolute atomic E-state index is 0. The van der Waals surface area contributed by atoms with E-state index in [2.05, 4.69) is 40.5 Å². The summed E-state index contributed by atoms with van der Waals surface area (Å²) in [5, 5.41) is 3.79. The molecule has 2 atom stereocenters. The van der Waals surface area contributed by atoms with E-state index >= 15 is 0 Å². The molecule has 5 nitrogen and oxygen atoms in total. The molecule has 1 aromatic carbocycles. The molecule has 2 heterocycles. The third-order valence-corrected chi connectivity index (χ3v) is 6.86. The van der Waals surface area contributed by atoms with Crippen molar-refractivity contribution < 1.29 is 4.79 Å². The first-order valence-electron chi connectivity index (χ1n) is 9.86. The van der Waals surface area contributed by atoms with Crippen LogP contribution in [0.15, 0.2) is 30.3 Å². The molecule has 0 saturated heterocycles. The van der Waals surface area contributed by atoms with Crippen LogP contribution in [-0.4, -0.2) is 27.9 Å². The van der Waals surface area contributed by atoms with Gasteiger partial charge < -0.3 is 11.1 Å². The number of carbonyl (C=O) groups is 1. The average molecular weight is 457 g/mol. The Balaban J connectivity index is 0.00000150. The van der Waals surface area contributed by atoms with Gasteiger partial charge in [0.1, 0.15) is 0 Å². The molecule has 1 aliphatic carbocycles. The summed E-state index contributed by atoms with van der Waals surface area (Å²) < 4.78 is 0. The quantitative estimate of drug-likeness (QED) is 0.715. The second-order valence-corrected chi connectivity index (χ2v) is 9.21. The molecule has 2 aliphatic rings.